The van der Waals surface area contributed by atoms with E-state index in [1.165, 1.54) is 5.56 Å². The number of halogens is 1. The maximum atomic E-state index is 13.5. The molecule has 2 N–H and O–H groups in total. The third-order valence-corrected chi connectivity index (χ3v) is 11.7. The van der Waals surface area contributed by atoms with Gasteiger partial charge in [0, 0.05) is 56.9 Å². The molecule has 1 aliphatic rings. The zero-order chi connectivity index (χ0) is 25.0. The van der Waals surface area contributed by atoms with Crippen LogP contribution < -0.4 is 10.0 Å². The summed E-state index contributed by atoms with van der Waals surface area (Å²) < 4.78 is 30.3. The Kier molecular flexibility index (Phi) is 8.42. The van der Waals surface area contributed by atoms with Crippen molar-refractivity contribution >= 4 is 39.0 Å². The Morgan fingerprint density at radius 1 is 1.14 bits per heavy atom. The Labute approximate surface area is 217 Å². The molecule has 4 rings (SSSR count). The quantitative estimate of drug-likeness (QED) is 0.345. The second kappa shape index (κ2) is 11.3. The van der Waals surface area contributed by atoms with E-state index in [1.807, 2.05) is 20.9 Å². The van der Waals surface area contributed by atoms with E-state index in [0.29, 0.717) is 22.4 Å². The van der Waals surface area contributed by atoms with Crippen molar-refractivity contribution in [1.29, 1.82) is 0 Å². The highest BCUT2D eigenvalue weighted by Crippen LogP contribution is 2.62. The average Bonchev–Trinajstić information content (AvgIpc) is 3.11. The molecule has 3 aromatic rings. The number of hydrogen-bond acceptors (Lipinski definition) is 8. The Bertz CT molecular complexity index is 1140. The van der Waals surface area contributed by atoms with Gasteiger partial charge >= 0.3 is 0 Å². The van der Waals surface area contributed by atoms with E-state index in [2.05, 4.69) is 67.3 Å². The molecule has 1 aliphatic heterocycles. The van der Waals surface area contributed by atoms with Crippen molar-refractivity contribution in [3.05, 3.63) is 65.6 Å². The lowest BCUT2D eigenvalue weighted by atomic mass is 10.0. The summed E-state index contributed by atoms with van der Waals surface area (Å²) in [5.74, 6) is 0.707. The van der Waals surface area contributed by atoms with Gasteiger partial charge in [0.25, 0.3) is 0 Å². The van der Waals surface area contributed by atoms with Gasteiger partial charge in [0.05, 0.1) is 17.1 Å². The number of hydrogen-bond donors (Lipinski definition) is 2. The molecule has 1 saturated heterocycles. The van der Waals surface area contributed by atoms with Crippen LogP contribution in [0.15, 0.2) is 53.6 Å². The minimum atomic E-state index is -2.94. The lowest BCUT2D eigenvalue weighted by Crippen LogP contribution is -2.48. The number of likely N-dealkylation sites (N-methyl/N-ethyl adjacent to an activating group) is 1. The molecule has 0 bridgehead atoms. The standard InChI is InChI=1S/C24H34IN7O2S/c1-18-24(19(2)31(4)28-18)29-35(34,25-33)21-10-11-23(27-16-21)26-12-13-32-15-14-30(3)17-22(32)20-8-6-5-7-9-20/h5-11,16,22,29,34H,12-15,17H2,1-4H3,(H,26,27)/p-1. The number of anilines is 2. The van der Waals surface area contributed by atoms with Crippen LogP contribution in [0.5, 0.6) is 0 Å². The van der Waals surface area contributed by atoms with Crippen molar-refractivity contribution in [1.82, 2.24) is 24.6 Å². The minimum Gasteiger partial charge on any atom is -0.784 e. The minimum absolute atomic E-state index is 0.364. The second-order valence-corrected chi connectivity index (χ2v) is 15.4. The number of benzene rings is 1. The van der Waals surface area contributed by atoms with E-state index < -0.39 is 27.5 Å². The van der Waals surface area contributed by atoms with E-state index in [0.717, 1.165) is 44.1 Å². The molecular weight excluding hydrogens is 577 g/mol. The molecule has 0 spiro atoms. The SMILES string of the molecule is Cc1nn(C)c(C)c1NS([O-])(I=O)c1ccc(NCCN2CCN(C)CC2c2ccccc2)nc1. The van der Waals surface area contributed by atoms with Crippen molar-refractivity contribution in [3.8, 4) is 0 Å². The highest BCUT2D eigenvalue weighted by atomic mass is 127. The van der Waals surface area contributed by atoms with Gasteiger partial charge in [-0.3, -0.25) is 12.7 Å². The monoisotopic (exact) mass is 610 g/mol. The van der Waals surface area contributed by atoms with Crippen LogP contribution in [0.25, 0.3) is 0 Å². The van der Waals surface area contributed by atoms with Crippen LogP contribution in [0, 0.1) is 13.8 Å². The first kappa shape index (κ1) is 26.0. The molecule has 9 nitrogen and oxygen atoms in total. The molecule has 1 aromatic carbocycles. The van der Waals surface area contributed by atoms with Gasteiger partial charge in [0.15, 0.2) is 0 Å². The normalized spacial score (nSPS) is 19.7. The lowest BCUT2D eigenvalue weighted by molar-refractivity contribution is 0.0938. The van der Waals surface area contributed by atoms with Gasteiger partial charge in [-0.15, -0.1) is 7.67 Å². The zero-order valence-corrected chi connectivity index (χ0v) is 23.5. The number of aryl methyl sites for hydroxylation is 2. The number of nitrogens with one attached hydrogen (secondary N) is 2. The first-order valence-electron chi connectivity index (χ1n) is 11.6. The fourth-order valence-corrected chi connectivity index (χ4v) is 7.89. The Balaban J connectivity index is 1.38. The van der Waals surface area contributed by atoms with Crippen LogP contribution in [0.1, 0.15) is 23.0 Å². The van der Waals surface area contributed by atoms with Crippen LogP contribution in [-0.4, -0.2) is 68.9 Å². The summed E-state index contributed by atoms with van der Waals surface area (Å²) in [6.07, 6.45) is 1.55. The van der Waals surface area contributed by atoms with Crippen LogP contribution in [0.3, 0.4) is 0 Å². The van der Waals surface area contributed by atoms with E-state index >= 15 is 0 Å². The van der Waals surface area contributed by atoms with Crippen LogP contribution >= 0.6 is 27.5 Å². The predicted molar refractivity (Wildman–Crippen MR) is 149 cm³/mol. The largest absolute Gasteiger partial charge is 0.784 e. The molecule has 0 aliphatic carbocycles. The molecule has 35 heavy (non-hydrogen) atoms. The predicted octanol–water partition coefficient (Wildman–Crippen LogP) is 4.38. The topological polar surface area (TPSA) is 101 Å². The van der Waals surface area contributed by atoms with Gasteiger partial charge in [-0.1, -0.05) is 30.3 Å². The third-order valence-electron chi connectivity index (χ3n) is 6.45. The van der Waals surface area contributed by atoms with E-state index in [4.69, 9.17) is 0 Å². The lowest BCUT2D eigenvalue weighted by Gasteiger charge is -2.41. The van der Waals surface area contributed by atoms with E-state index in [9.17, 15) is 7.62 Å². The van der Waals surface area contributed by atoms with Crippen molar-refractivity contribution in [2.24, 2.45) is 7.05 Å². The van der Waals surface area contributed by atoms with Gasteiger partial charge in [0.1, 0.15) is 5.82 Å². The first-order valence-corrected chi connectivity index (χ1v) is 16.6. The van der Waals surface area contributed by atoms with E-state index in [1.54, 1.807) is 23.0 Å². The summed E-state index contributed by atoms with van der Waals surface area (Å²) in [4.78, 5) is 9.78. The van der Waals surface area contributed by atoms with Gasteiger partial charge in [0.2, 0.25) is 19.8 Å². The molecule has 1 fully saturated rings. The average molecular weight is 611 g/mol. The van der Waals surface area contributed by atoms with Crippen molar-refractivity contribution in [3.63, 3.8) is 0 Å². The molecule has 11 heteroatoms. The van der Waals surface area contributed by atoms with Crippen molar-refractivity contribution in [2.75, 3.05) is 49.8 Å². The van der Waals surface area contributed by atoms with Crippen molar-refractivity contribution < 1.29 is 7.62 Å². The van der Waals surface area contributed by atoms with Crippen LogP contribution in [-0.2, 0) is 10.1 Å². The molecule has 2 aromatic heterocycles. The highest BCUT2D eigenvalue weighted by Gasteiger charge is 2.26. The summed E-state index contributed by atoms with van der Waals surface area (Å²) >= 11 is -1.87. The zero-order valence-electron chi connectivity index (χ0n) is 20.6. The van der Waals surface area contributed by atoms with Gasteiger partial charge < -0.3 is 19.5 Å². The maximum absolute atomic E-state index is 13.5. The fraction of sp³-hybridized carbons (Fsp3) is 0.417. The van der Waals surface area contributed by atoms with Crippen LogP contribution in [0.2, 0.25) is 0 Å². The first-order chi connectivity index (χ1) is 16.8. The number of pyridine rings is 1. The summed E-state index contributed by atoms with van der Waals surface area (Å²) in [6.45, 7) is 8.43. The number of piperazine rings is 1. The molecule has 0 amide bonds. The Hall–Kier alpha value is -2.06. The second-order valence-electron chi connectivity index (χ2n) is 8.85. The number of rotatable bonds is 9. The van der Waals surface area contributed by atoms with Gasteiger partial charge in [-0.2, -0.15) is 5.10 Å². The molecule has 190 valence electrons. The van der Waals surface area contributed by atoms with Gasteiger partial charge in [-0.05, 0) is 38.6 Å². The molecular formula is C24H33IN7O2S-. The number of nitrogens with zero attached hydrogens (tertiary/aromatic N) is 5. The number of aromatic nitrogens is 3. The molecule has 2 atom stereocenters. The maximum Gasteiger partial charge on any atom is 0.206 e. The summed E-state index contributed by atoms with van der Waals surface area (Å²) in [7, 11) is 1.06. The Morgan fingerprint density at radius 2 is 1.91 bits per heavy atom. The van der Waals surface area contributed by atoms with Crippen LogP contribution in [0.4, 0.5) is 11.5 Å². The van der Waals surface area contributed by atoms with E-state index in [-0.39, 0.29) is 0 Å². The molecule has 0 saturated carbocycles. The summed E-state index contributed by atoms with van der Waals surface area (Å²) in [5, 5.41) is 7.73. The highest BCUT2D eigenvalue weighted by molar-refractivity contribution is 14.2. The fourth-order valence-electron chi connectivity index (χ4n) is 4.35. The molecule has 2 unspecified atom stereocenters. The Morgan fingerprint density at radius 3 is 2.54 bits per heavy atom. The third kappa shape index (κ3) is 6.02. The smallest absolute Gasteiger partial charge is 0.206 e. The molecule has 0 radical (unpaired) electrons. The van der Waals surface area contributed by atoms with Crippen molar-refractivity contribution in [2.45, 2.75) is 24.8 Å². The van der Waals surface area contributed by atoms with Gasteiger partial charge in [-0.25, -0.2) is 4.98 Å². The summed E-state index contributed by atoms with van der Waals surface area (Å²) in [5.41, 5.74) is 3.56. The molecule has 3 heterocycles. The summed E-state index contributed by atoms with van der Waals surface area (Å²) in [6, 6.07) is 14.6.